The van der Waals surface area contributed by atoms with Crippen LogP contribution in [0.1, 0.15) is 13.8 Å². The summed E-state index contributed by atoms with van der Waals surface area (Å²) < 4.78 is 5.49. The summed E-state index contributed by atoms with van der Waals surface area (Å²) in [6, 6.07) is 6.41. The van der Waals surface area contributed by atoms with E-state index >= 15 is 0 Å². The van der Waals surface area contributed by atoms with E-state index in [1.54, 1.807) is 0 Å². The van der Waals surface area contributed by atoms with Crippen molar-refractivity contribution in [3.8, 4) is 5.75 Å². The van der Waals surface area contributed by atoms with Crippen molar-refractivity contribution in [3.05, 3.63) is 24.3 Å². The van der Waals surface area contributed by atoms with Crippen LogP contribution < -0.4 is 15.8 Å². The van der Waals surface area contributed by atoms with Gasteiger partial charge in [0.25, 0.3) is 0 Å². The molecule has 0 aliphatic rings. The maximum Gasteiger partial charge on any atom is 0.322 e. The Labute approximate surface area is 101 Å². The molecule has 1 rings (SSSR count). The molecule has 0 spiro atoms. The minimum atomic E-state index is -1.02. The maximum absolute atomic E-state index is 10.5. The Bertz CT molecular complexity index is 363. The first-order valence-corrected chi connectivity index (χ1v) is 5.48. The number of carboxylic acids is 1. The maximum atomic E-state index is 10.5. The molecule has 0 aliphatic carbocycles. The summed E-state index contributed by atoms with van der Waals surface area (Å²) in [5, 5.41) is 11.6. The molecule has 0 saturated carbocycles. The molecule has 0 bridgehead atoms. The van der Waals surface area contributed by atoms with Gasteiger partial charge in [-0.3, -0.25) is 4.79 Å². The van der Waals surface area contributed by atoms with Gasteiger partial charge in [-0.1, -0.05) is 0 Å². The molecule has 0 saturated heterocycles. The quantitative estimate of drug-likeness (QED) is 0.695. The van der Waals surface area contributed by atoms with Crippen molar-refractivity contribution in [1.29, 1.82) is 0 Å². The van der Waals surface area contributed by atoms with E-state index in [1.807, 2.05) is 38.1 Å². The van der Waals surface area contributed by atoms with E-state index in [4.69, 9.17) is 15.6 Å². The molecule has 1 aromatic carbocycles. The second kappa shape index (κ2) is 6.10. The van der Waals surface area contributed by atoms with E-state index in [0.717, 1.165) is 11.4 Å². The van der Waals surface area contributed by atoms with E-state index in [2.05, 4.69) is 5.32 Å². The van der Waals surface area contributed by atoms with E-state index in [1.165, 1.54) is 0 Å². The van der Waals surface area contributed by atoms with Crippen molar-refractivity contribution in [2.24, 2.45) is 5.73 Å². The fourth-order valence-corrected chi connectivity index (χ4v) is 1.24. The number of anilines is 1. The summed E-state index contributed by atoms with van der Waals surface area (Å²) in [6.45, 7) is 4.11. The van der Waals surface area contributed by atoms with E-state index in [-0.39, 0.29) is 12.6 Å². The number of hydrogen-bond acceptors (Lipinski definition) is 4. The van der Waals surface area contributed by atoms with Crippen LogP contribution in [-0.2, 0) is 4.79 Å². The lowest BCUT2D eigenvalue weighted by molar-refractivity contribution is -0.138. The summed E-state index contributed by atoms with van der Waals surface area (Å²) >= 11 is 0. The summed E-state index contributed by atoms with van der Waals surface area (Å²) in [5.74, 6) is -0.231. The van der Waals surface area contributed by atoms with Crippen molar-refractivity contribution in [2.45, 2.75) is 26.0 Å². The standard InChI is InChI=1S/C12H18N2O3/c1-8(2)17-10-5-3-9(4-6-10)14-7-11(13)12(15)16/h3-6,8,11,14H,7,13H2,1-2H3,(H,15,16). The minimum Gasteiger partial charge on any atom is -0.491 e. The van der Waals surface area contributed by atoms with Gasteiger partial charge in [-0.05, 0) is 38.1 Å². The third kappa shape index (κ3) is 4.74. The molecule has 0 aliphatic heterocycles. The highest BCUT2D eigenvalue weighted by Crippen LogP contribution is 2.16. The Kier molecular flexibility index (Phi) is 4.78. The van der Waals surface area contributed by atoms with E-state index in [0.29, 0.717) is 0 Å². The van der Waals surface area contributed by atoms with Gasteiger partial charge in [0.15, 0.2) is 0 Å². The van der Waals surface area contributed by atoms with Gasteiger partial charge >= 0.3 is 5.97 Å². The van der Waals surface area contributed by atoms with Gasteiger partial charge in [-0.2, -0.15) is 0 Å². The lowest BCUT2D eigenvalue weighted by Crippen LogP contribution is -2.36. The molecule has 0 heterocycles. The predicted molar refractivity (Wildman–Crippen MR) is 66.3 cm³/mol. The third-order valence-electron chi connectivity index (χ3n) is 2.07. The highest BCUT2D eigenvalue weighted by atomic mass is 16.5. The van der Waals surface area contributed by atoms with Crippen LogP contribution in [0.25, 0.3) is 0 Å². The van der Waals surface area contributed by atoms with Gasteiger partial charge in [0.1, 0.15) is 11.8 Å². The number of nitrogens with one attached hydrogen (secondary N) is 1. The van der Waals surface area contributed by atoms with Gasteiger partial charge < -0.3 is 20.9 Å². The Morgan fingerprint density at radius 3 is 2.47 bits per heavy atom. The average Bonchev–Trinajstić information content (AvgIpc) is 2.26. The molecule has 0 fully saturated rings. The zero-order valence-corrected chi connectivity index (χ0v) is 10.0. The summed E-state index contributed by atoms with van der Waals surface area (Å²) in [4.78, 5) is 10.5. The van der Waals surface area contributed by atoms with Gasteiger partial charge in [0.2, 0.25) is 0 Å². The highest BCUT2D eigenvalue weighted by molar-refractivity contribution is 5.74. The van der Waals surface area contributed by atoms with Crippen LogP contribution in [0.3, 0.4) is 0 Å². The molecule has 1 unspecified atom stereocenters. The Hall–Kier alpha value is -1.75. The molecule has 17 heavy (non-hydrogen) atoms. The largest absolute Gasteiger partial charge is 0.491 e. The normalized spacial score (nSPS) is 12.2. The molecular formula is C12H18N2O3. The van der Waals surface area contributed by atoms with Crippen LogP contribution in [0.15, 0.2) is 24.3 Å². The molecule has 0 amide bonds. The molecule has 0 aromatic heterocycles. The van der Waals surface area contributed by atoms with Crippen molar-refractivity contribution in [2.75, 3.05) is 11.9 Å². The molecular weight excluding hydrogens is 220 g/mol. The summed E-state index contributed by atoms with van der Waals surface area (Å²) in [6.07, 6.45) is 0.134. The summed E-state index contributed by atoms with van der Waals surface area (Å²) in [5.41, 5.74) is 6.19. The van der Waals surface area contributed by atoms with Gasteiger partial charge in [-0.15, -0.1) is 0 Å². The van der Waals surface area contributed by atoms with Crippen molar-refractivity contribution < 1.29 is 14.6 Å². The monoisotopic (exact) mass is 238 g/mol. The molecule has 1 aromatic rings. The number of nitrogens with two attached hydrogens (primary N) is 1. The molecule has 0 radical (unpaired) electrons. The Balaban J connectivity index is 2.48. The van der Waals surface area contributed by atoms with Gasteiger partial charge in [-0.25, -0.2) is 0 Å². The first-order valence-electron chi connectivity index (χ1n) is 5.48. The number of benzene rings is 1. The van der Waals surface area contributed by atoms with Crippen molar-refractivity contribution >= 4 is 11.7 Å². The zero-order chi connectivity index (χ0) is 12.8. The zero-order valence-electron chi connectivity index (χ0n) is 10.0. The van der Waals surface area contributed by atoms with Crippen LogP contribution in [0, 0.1) is 0 Å². The van der Waals surface area contributed by atoms with Crippen LogP contribution in [0.4, 0.5) is 5.69 Å². The van der Waals surface area contributed by atoms with Crippen LogP contribution in [0.2, 0.25) is 0 Å². The van der Waals surface area contributed by atoms with Crippen molar-refractivity contribution in [1.82, 2.24) is 0 Å². The number of carbonyl (C=O) groups is 1. The van der Waals surface area contributed by atoms with E-state index in [9.17, 15) is 4.79 Å². The van der Waals surface area contributed by atoms with Crippen LogP contribution >= 0.6 is 0 Å². The number of hydrogen-bond donors (Lipinski definition) is 3. The predicted octanol–water partition coefficient (Wildman–Crippen LogP) is 1.30. The second-order valence-electron chi connectivity index (χ2n) is 4.02. The van der Waals surface area contributed by atoms with Gasteiger partial charge in [0, 0.05) is 12.2 Å². The minimum absolute atomic E-state index is 0.134. The third-order valence-corrected chi connectivity index (χ3v) is 2.07. The summed E-state index contributed by atoms with van der Waals surface area (Å²) in [7, 11) is 0. The molecule has 94 valence electrons. The van der Waals surface area contributed by atoms with Crippen LogP contribution in [0.5, 0.6) is 5.75 Å². The molecule has 5 nitrogen and oxygen atoms in total. The van der Waals surface area contributed by atoms with E-state index < -0.39 is 12.0 Å². The van der Waals surface area contributed by atoms with Crippen LogP contribution in [-0.4, -0.2) is 29.8 Å². The lowest BCUT2D eigenvalue weighted by Gasteiger charge is -2.12. The average molecular weight is 238 g/mol. The number of carboxylic acid groups (broad SMARTS) is 1. The highest BCUT2D eigenvalue weighted by Gasteiger charge is 2.10. The molecule has 5 heteroatoms. The second-order valence-corrected chi connectivity index (χ2v) is 4.02. The Morgan fingerprint density at radius 1 is 1.41 bits per heavy atom. The molecule has 1 atom stereocenters. The smallest absolute Gasteiger partial charge is 0.322 e. The Morgan fingerprint density at radius 2 is 2.00 bits per heavy atom. The molecule has 4 N–H and O–H groups in total. The first-order chi connectivity index (χ1) is 7.99. The topological polar surface area (TPSA) is 84.6 Å². The SMILES string of the molecule is CC(C)Oc1ccc(NCC(N)C(=O)O)cc1. The lowest BCUT2D eigenvalue weighted by atomic mass is 10.2. The van der Waals surface area contributed by atoms with Gasteiger partial charge in [0.05, 0.1) is 6.10 Å². The van der Waals surface area contributed by atoms with Crippen molar-refractivity contribution in [3.63, 3.8) is 0 Å². The number of rotatable bonds is 6. The first kappa shape index (κ1) is 13.3. The fraction of sp³-hybridized carbons (Fsp3) is 0.417. The fourth-order valence-electron chi connectivity index (χ4n) is 1.24. The number of aliphatic carboxylic acids is 1. The number of ether oxygens (including phenoxy) is 1.